The highest BCUT2D eigenvalue weighted by Gasteiger charge is 2.22. The van der Waals surface area contributed by atoms with Crippen LogP contribution in [0.4, 0.5) is 4.39 Å². The van der Waals surface area contributed by atoms with Gasteiger partial charge in [0.1, 0.15) is 17.7 Å². The summed E-state index contributed by atoms with van der Waals surface area (Å²) in [7, 11) is 1.85. The predicted octanol–water partition coefficient (Wildman–Crippen LogP) is 3.84. The fraction of sp³-hybridized carbons (Fsp3) is 0.111. The van der Waals surface area contributed by atoms with Crippen molar-refractivity contribution in [2.75, 3.05) is 0 Å². The molecular formula is C18H15BrFN3O. The zero-order chi connectivity index (χ0) is 17.1. The Balaban J connectivity index is 1.97. The summed E-state index contributed by atoms with van der Waals surface area (Å²) in [4.78, 5) is 16.9. The first-order valence-electron chi connectivity index (χ1n) is 7.34. The fourth-order valence-electron chi connectivity index (χ4n) is 2.48. The van der Waals surface area contributed by atoms with Crippen LogP contribution in [0.5, 0.6) is 0 Å². The Labute approximate surface area is 147 Å². The average Bonchev–Trinajstić information content (AvgIpc) is 3.01. The molecule has 1 unspecified atom stereocenters. The maximum atomic E-state index is 14.0. The number of hydrogen-bond donors (Lipinski definition) is 1. The van der Waals surface area contributed by atoms with E-state index in [1.54, 1.807) is 18.5 Å². The number of carbonyl (C=O) groups is 1. The predicted molar refractivity (Wildman–Crippen MR) is 93.1 cm³/mol. The van der Waals surface area contributed by atoms with E-state index in [1.807, 2.05) is 41.9 Å². The van der Waals surface area contributed by atoms with Gasteiger partial charge in [0, 0.05) is 23.9 Å². The lowest BCUT2D eigenvalue weighted by molar-refractivity contribution is 0.0937. The molecule has 3 rings (SSSR count). The first-order valence-corrected chi connectivity index (χ1v) is 8.13. The van der Waals surface area contributed by atoms with Gasteiger partial charge in [0.15, 0.2) is 0 Å². The zero-order valence-corrected chi connectivity index (χ0v) is 14.5. The molecule has 2 aromatic carbocycles. The van der Waals surface area contributed by atoms with E-state index in [0.717, 1.165) is 5.56 Å². The highest BCUT2D eigenvalue weighted by atomic mass is 79.9. The Kier molecular flexibility index (Phi) is 4.76. The maximum absolute atomic E-state index is 14.0. The van der Waals surface area contributed by atoms with Gasteiger partial charge in [-0.2, -0.15) is 0 Å². The third-order valence-corrected chi connectivity index (χ3v) is 4.19. The van der Waals surface area contributed by atoms with E-state index in [0.29, 0.717) is 10.3 Å². The van der Waals surface area contributed by atoms with E-state index < -0.39 is 17.8 Å². The third kappa shape index (κ3) is 3.38. The number of carbonyl (C=O) groups excluding carboxylic acids is 1. The minimum atomic E-state index is -0.567. The molecule has 0 saturated carbocycles. The molecule has 4 nitrogen and oxygen atoms in total. The van der Waals surface area contributed by atoms with Gasteiger partial charge < -0.3 is 9.88 Å². The van der Waals surface area contributed by atoms with Crippen LogP contribution in [0.1, 0.15) is 27.8 Å². The lowest BCUT2D eigenvalue weighted by Gasteiger charge is -2.19. The molecule has 0 aliphatic carbocycles. The summed E-state index contributed by atoms with van der Waals surface area (Å²) in [6.07, 6.45) is 3.47. The number of nitrogens with one attached hydrogen (secondary N) is 1. The van der Waals surface area contributed by atoms with Crippen LogP contribution < -0.4 is 5.32 Å². The summed E-state index contributed by atoms with van der Waals surface area (Å²) in [6, 6.07) is 13.3. The summed E-state index contributed by atoms with van der Waals surface area (Å²) in [5.74, 6) is -0.391. The Hall–Kier alpha value is -2.47. The Bertz CT molecular complexity index is 864. The van der Waals surface area contributed by atoms with Gasteiger partial charge in [0.25, 0.3) is 5.91 Å². The number of amides is 1. The van der Waals surface area contributed by atoms with Crippen molar-refractivity contribution < 1.29 is 9.18 Å². The molecule has 0 saturated heterocycles. The van der Waals surface area contributed by atoms with Crippen LogP contribution in [-0.4, -0.2) is 15.5 Å². The minimum Gasteiger partial charge on any atom is -0.338 e. The second-order valence-electron chi connectivity index (χ2n) is 5.34. The molecule has 0 aliphatic rings. The number of hydrogen-bond acceptors (Lipinski definition) is 2. The molecule has 1 amide bonds. The standard InChI is InChI=1S/C18H15BrFN3O/c1-23-10-9-21-17(23)16(12-5-3-2-4-6-12)22-18(24)14-11-13(19)7-8-15(14)20/h2-11,16H,1H3,(H,22,24). The van der Waals surface area contributed by atoms with Gasteiger partial charge in [0.05, 0.1) is 5.56 Å². The molecule has 3 aromatic rings. The largest absolute Gasteiger partial charge is 0.338 e. The molecule has 0 aliphatic heterocycles. The molecular weight excluding hydrogens is 373 g/mol. The molecule has 24 heavy (non-hydrogen) atoms. The van der Waals surface area contributed by atoms with Gasteiger partial charge in [-0.15, -0.1) is 0 Å². The monoisotopic (exact) mass is 387 g/mol. The third-order valence-electron chi connectivity index (χ3n) is 3.70. The van der Waals surface area contributed by atoms with Crippen LogP contribution >= 0.6 is 15.9 Å². The molecule has 1 atom stereocenters. The van der Waals surface area contributed by atoms with Crippen LogP contribution in [0.15, 0.2) is 65.4 Å². The SMILES string of the molecule is Cn1ccnc1C(NC(=O)c1cc(Br)ccc1F)c1ccccc1. The second kappa shape index (κ2) is 6.97. The van der Waals surface area contributed by atoms with Crippen LogP contribution in [0.3, 0.4) is 0 Å². The number of rotatable bonds is 4. The van der Waals surface area contributed by atoms with Crippen LogP contribution in [0.2, 0.25) is 0 Å². The van der Waals surface area contributed by atoms with E-state index in [-0.39, 0.29) is 5.56 Å². The quantitative estimate of drug-likeness (QED) is 0.738. The molecule has 0 spiro atoms. The molecule has 0 fully saturated rings. The van der Waals surface area contributed by atoms with E-state index in [1.165, 1.54) is 12.1 Å². The topological polar surface area (TPSA) is 46.9 Å². The van der Waals surface area contributed by atoms with Gasteiger partial charge in [0.2, 0.25) is 0 Å². The minimum absolute atomic E-state index is 0.0143. The summed E-state index contributed by atoms with van der Waals surface area (Å²) >= 11 is 3.26. The van der Waals surface area contributed by atoms with Gasteiger partial charge in [-0.05, 0) is 23.8 Å². The van der Waals surface area contributed by atoms with Crippen molar-refractivity contribution in [2.24, 2.45) is 7.05 Å². The summed E-state index contributed by atoms with van der Waals surface area (Å²) in [6.45, 7) is 0. The van der Waals surface area contributed by atoms with E-state index in [9.17, 15) is 9.18 Å². The van der Waals surface area contributed by atoms with Crippen molar-refractivity contribution in [3.05, 3.63) is 88.2 Å². The highest BCUT2D eigenvalue weighted by Crippen LogP contribution is 2.22. The van der Waals surface area contributed by atoms with Crippen molar-refractivity contribution in [3.8, 4) is 0 Å². The lowest BCUT2D eigenvalue weighted by atomic mass is 10.1. The van der Waals surface area contributed by atoms with Crippen molar-refractivity contribution in [3.63, 3.8) is 0 Å². The van der Waals surface area contributed by atoms with Crippen LogP contribution in [0.25, 0.3) is 0 Å². The smallest absolute Gasteiger partial charge is 0.255 e. The fourth-order valence-corrected chi connectivity index (χ4v) is 2.84. The van der Waals surface area contributed by atoms with E-state index in [2.05, 4.69) is 26.2 Å². The van der Waals surface area contributed by atoms with Crippen molar-refractivity contribution in [2.45, 2.75) is 6.04 Å². The lowest BCUT2D eigenvalue weighted by Crippen LogP contribution is -2.31. The number of aryl methyl sites for hydroxylation is 1. The van der Waals surface area contributed by atoms with E-state index in [4.69, 9.17) is 0 Å². The van der Waals surface area contributed by atoms with Gasteiger partial charge in [-0.3, -0.25) is 4.79 Å². The molecule has 1 heterocycles. The number of nitrogens with zero attached hydrogens (tertiary/aromatic N) is 2. The molecule has 0 bridgehead atoms. The molecule has 122 valence electrons. The highest BCUT2D eigenvalue weighted by molar-refractivity contribution is 9.10. The van der Waals surface area contributed by atoms with Crippen molar-refractivity contribution >= 4 is 21.8 Å². The summed E-state index contributed by atoms with van der Waals surface area (Å²) < 4.78 is 16.5. The Morgan fingerprint density at radius 1 is 1.25 bits per heavy atom. The van der Waals surface area contributed by atoms with Crippen LogP contribution in [-0.2, 0) is 7.05 Å². The number of imidazole rings is 1. The first kappa shape index (κ1) is 16.4. The zero-order valence-electron chi connectivity index (χ0n) is 12.9. The average molecular weight is 388 g/mol. The second-order valence-corrected chi connectivity index (χ2v) is 6.25. The van der Waals surface area contributed by atoms with Gasteiger partial charge in [-0.1, -0.05) is 46.3 Å². The maximum Gasteiger partial charge on any atom is 0.255 e. The Morgan fingerprint density at radius 3 is 2.67 bits per heavy atom. The normalized spacial score (nSPS) is 12.0. The molecule has 1 aromatic heterocycles. The first-order chi connectivity index (χ1) is 11.6. The van der Waals surface area contributed by atoms with Crippen LogP contribution in [0, 0.1) is 5.82 Å². The Morgan fingerprint density at radius 2 is 2.00 bits per heavy atom. The number of halogens is 2. The molecule has 1 N–H and O–H groups in total. The van der Waals surface area contributed by atoms with Crippen molar-refractivity contribution in [1.29, 1.82) is 0 Å². The molecule has 6 heteroatoms. The summed E-state index contributed by atoms with van der Waals surface area (Å²) in [5.41, 5.74) is 0.857. The van der Waals surface area contributed by atoms with Gasteiger partial charge in [-0.25, -0.2) is 9.37 Å². The van der Waals surface area contributed by atoms with Gasteiger partial charge >= 0.3 is 0 Å². The number of benzene rings is 2. The molecule has 0 radical (unpaired) electrons. The van der Waals surface area contributed by atoms with Crippen molar-refractivity contribution in [1.82, 2.24) is 14.9 Å². The summed E-state index contributed by atoms with van der Waals surface area (Å²) in [5, 5.41) is 2.88. The van der Waals surface area contributed by atoms with E-state index >= 15 is 0 Å². The number of aromatic nitrogens is 2.